The van der Waals surface area contributed by atoms with E-state index in [1.807, 2.05) is 4.90 Å². The lowest BCUT2D eigenvalue weighted by Gasteiger charge is -2.42. The number of carbonyl (C=O) groups is 1. The summed E-state index contributed by atoms with van der Waals surface area (Å²) in [6, 6.07) is 7.01. The van der Waals surface area contributed by atoms with Crippen LogP contribution in [0.5, 0.6) is 0 Å². The van der Waals surface area contributed by atoms with Crippen molar-refractivity contribution in [3.63, 3.8) is 0 Å². The Kier molecular flexibility index (Phi) is 8.58. The van der Waals surface area contributed by atoms with Gasteiger partial charge in [0.05, 0.1) is 30.4 Å². The van der Waals surface area contributed by atoms with E-state index in [9.17, 15) is 35.5 Å². The number of benzene rings is 2. The molecular weight excluding hydrogens is 533 g/mol. The first kappa shape index (κ1) is 29.3. The van der Waals surface area contributed by atoms with Crippen LogP contribution in [0.1, 0.15) is 47.6 Å². The van der Waals surface area contributed by atoms with E-state index in [2.05, 4.69) is 0 Å². The van der Waals surface area contributed by atoms with Crippen molar-refractivity contribution >= 4 is 5.91 Å². The number of hydrogen-bond donors (Lipinski definition) is 0. The highest BCUT2D eigenvalue weighted by Gasteiger charge is 2.41. The van der Waals surface area contributed by atoms with Crippen molar-refractivity contribution in [1.82, 2.24) is 9.80 Å². The zero-order valence-electron chi connectivity index (χ0n) is 21.4. The summed E-state index contributed by atoms with van der Waals surface area (Å²) in [5.41, 5.74) is -2.51. The van der Waals surface area contributed by atoms with Gasteiger partial charge in [0.25, 0.3) is 0 Å². The molecule has 12 heteroatoms. The Balaban J connectivity index is 1.62. The number of alkyl halides is 6. The summed E-state index contributed by atoms with van der Waals surface area (Å²) in [4.78, 5) is 15.9. The molecule has 2 fully saturated rings. The number of amides is 1. The fourth-order valence-corrected chi connectivity index (χ4v) is 5.07. The van der Waals surface area contributed by atoms with E-state index in [0.29, 0.717) is 43.8 Å². The van der Waals surface area contributed by atoms with Crippen LogP contribution >= 0.6 is 0 Å². The third-order valence-corrected chi connectivity index (χ3v) is 7.27. The predicted molar refractivity (Wildman–Crippen MR) is 127 cm³/mol. The van der Waals surface area contributed by atoms with Crippen LogP contribution in [-0.4, -0.2) is 61.8 Å². The molecule has 2 aromatic rings. The van der Waals surface area contributed by atoms with Gasteiger partial charge < -0.3 is 14.4 Å². The van der Waals surface area contributed by atoms with Gasteiger partial charge >= 0.3 is 12.4 Å². The second-order valence-corrected chi connectivity index (χ2v) is 10.0. The molecule has 0 unspecified atom stereocenters. The maximum Gasteiger partial charge on any atom is 0.416 e. The molecule has 214 valence electrons. The van der Waals surface area contributed by atoms with Gasteiger partial charge in [0, 0.05) is 32.6 Å². The highest BCUT2D eigenvalue weighted by molar-refractivity contribution is 5.78. The topological polar surface area (TPSA) is 42.0 Å². The second kappa shape index (κ2) is 11.4. The van der Waals surface area contributed by atoms with Crippen molar-refractivity contribution in [2.24, 2.45) is 5.92 Å². The molecule has 0 saturated carbocycles. The Labute approximate surface area is 221 Å². The van der Waals surface area contributed by atoms with E-state index in [1.165, 1.54) is 19.1 Å². The lowest BCUT2D eigenvalue weighted by molar-refractivity contribution is -0.210. The molecule has 0 aliphatic carbocycles. The van der Waals surface area contributed by atoms with Gasteiger partial charge in [0.2, 0.25) is 5.91 Å². The molecule has 2 heterocycles. The largest absolute Gasteiger partial charge is 0.416 e. The molecular formula is C27H29F7N2O3. The molecule has 0 N–H and O–H groups in total. The third-order valence-electron chi connectivity index (χ3n) is 7.27. The van der Waals surface area contributed by atoms with Gasteiger partial charge in [-0.15, -0.1) is 0 Å². The fraction of sp³-hybridized carbons (Fsp3) is 0.519. The molecule has 0 radical (unpaired) electrons. The minimum absolute atomic E-state index is 0.0296. The minimum Gasteiger partial charge on any atom is -0.352 e. The number of carbonyl (C=O) groups excluding carboxylic acids is 1. The van der Waals surface area contributed by atoms with Crippen LogP contribution in [0.4, 0.5) is 30.7 Å². The molecule has 0 bridgehead atoms. The summed E-state index contributed by atoms with van der Waals surface area (Å²) >= 11 is 0. The second-order valence-electron chi connectivity index (χ2n) is 10.0. The summed E-state index contributed by atoms with van der Waals surface area (Å²) in [6.07, 6.45) is -11.6. The van der Waals surface area contributed by atoms with Gasteiger partial charge in [-0.1, -0.05) is 12.1 Å². The van der Waals surface area contributed by atoms with Crippen molar-refractivity contribution < 1.29 is 45.0 Å². The number of piperazine rings is 1. The lowest BCUT2D eigenvalue weighted by Crippen LogP contribution is -2.51. The van der Waals surface area contributed by atoms with E-state index >= 15 is 0 Å². The minimum atomic E-state index is -4.99. The molecule has 2 aliphatic rings. The van der Waals surface area contributed by atoms with Crippen molar-refractivity contribution in [3.8, 4) is 0 Å². The van der Waals surface area contributed by atoms with Crippen LogP contribution in [0.15, 0.2) is 42.5 Å². The Hall–Kier alpha value is -2.70. The van der Waals surface area contributed by atoms with E-state index < -0.39 is 47.6 Å². The van der Waals surface area contributed by atoms with Crippen molar-refractivity contribution in [2.45, 2.75) is 44.0 Å². The monoisotopic (exact) mass is 562 g/mol. The van der Waals surface area contributed by atoms with Crippen molar-refractivity contribution in [1.29, 1.82) is 0 Å². The van der Waals surface area contributed by atoms with Gasteiger partial charge in [-0.2, -0.15) is 26.3 Å². The van der Waals surface area contributed by atoms with Crippen molar-refractivity contribution in [3.05, 3.63) is 70.5 Å². The smallest absolute Gasteiger partial charge is 0.352 e. The van der Waals surface area contributed by atoms with Crippen LogP contribution in [-0.2, 0) is 26.6 Å². The molecule has 2 saturated heterocycles. The first-order valence-corrected chi connectivity index (χ1v) is 12.5. The highest BCUT2D eigenvalue weighted by Crippen LogP contribution is 2.41. The quantitative estimate of drug-likeness (QED) is 0.414. The van der Waals surface area contributed by atoms with Gasteiger partial charge in [-0.05, 0) is 60.7 Å². The van der Waals surface area contributed by atoms with Crippen molar-refractivity contribution in [2.75, 3.05) is 39.8 Å². The van der Waals surface area contributed by atoms with Gasteiger partial charge in [0.15, 0.2) is 6.29 Å². The Morgan fingerprint density at radius 1 is 1.00 bits per heavy atom. The van der Waals surface area contributed by atoms with Crippen LogP contribution in [0.2, 0.25) is 0 Å². The normalized spacial score (nSPS) is 24.2. The Bertz CT molecular complexity index is 1120. The summed E-state index contributed by atoms with van der Waals surface area (Å²) in [5.74, 6) is -1.14. The summed E-state index contributed by atoms with van der Waals surface area (Å²) < 4.78 is 106. The number of likely N-dealkylation sites (N-methyl/N-ethyl adjacent to an activating group) is 1. The third kappa shape index (κ3) is 7.09. The summed E-state index contributed by atoms with van der Waals surface area (Å²) in [6.45, 7) is 3.50. The van der Waals surface area contributed by atoms with E-state index in [-0.39, 0.29) is 36.6 Å². The maximum atomic E-state index is 13.7. The standard InChI is InChI=1S/C27H29F7N2O3/c1-16(19-11-20(26(29,30)31)13-21(12-19)27(32,33)34)39-25-24(17-3-5-22(28)6-4-17)18(7-10-38-25)14-36-9-8-35(2)23(37)15-36/h3-6,11-13,16,18,24-25H,7-10,14-15H2,1-2H3/t16-,18+,24+,25-/m1/s1. The zero-order valence-corrected chi connectivity index (χ0v) is 21.4. The molecule has 2 aliphatic heterocycles. The molecule has 1 amide bonds. The number of hydrogen-bond acceptors (Lipinski definition) is 4. The molecule has 4 atom stereocenters. The summed E-state index contributed by atoms with van der Waals surface area (Å²) in [5, 5.41) is 0. The van der Waals surface area contributed by atoms with E-state index in [0.717, 1.165) is 0 Å². The van der Waals surface area contributed by atoms with E-state index in [4.69, 9.17) is 9.47 Å². The predicted octanol–water partition coefficient (Wildman–Crippen LogP) is 5.86. The van der Waals surface area contributed by atoms with Crippen LogP contribution in [0, 0.1) is 11.7 Å². The van der Waals surface area contributed by atoms with Gasteiger partial charge in [-0.3, -0.25) is 9.69 Å². The average Bonchev–Trinajstić information content (AvgIpc) is 2.86. The Morgan fingerprint density at radius 3 is 2.18 bits per heavy atom. The molecule has 2 aromatic carbocycles. The van der Waals surface area contributed by atoms with E-state index in [1.54, 1.807) is 24.1 Å². The van der Waals surface area contributed by atoms with Gasteiger partial charge in [0.1, 0.15) is 5.82 Å². The molecule has 4 rings (SSSR count). The Morgan fingerprint density at radius 2 is 1.62 bits per heavy atom. The number of rotatable bonds is 6. The number of ether oxygens (including phenoxy) is 2. The van der Waals surface area contributed by atoms with Gasteiger partial charge in [-0.25, -0.2) is 4.39 Å². The fourth-order valence-electron chi connectivity index (χ4n) is 5.07. The molecule has 5 nitrogen and oxygen atoms in total. The maximum absolute atomic E-state index is 13.7. The molecule has 0 spiro atoms. The number of halogens is 7. The average molecular weight is 563 g/mol. The lowest BCUT2D eigenvalue weighted by atomic mass is 9.81. The highest BCUT2D eigenvalue weighted by atomic mass is 19.4. The van der Waals surface area contributed by atoms with Crippen LogP contribution in [0.25, 0.3) is 0 Å². The molecule has 39 heavy (non-hydrogen) atoms. The summed E-state index contributed by atoms with van der Waals surface area (Å²) in [7, 11) is 1.72. The van der Waals surface area contributed by atoms with Crippen LogP contribution in [0.3, 0.4) is 0 Å². The van der Waals surface area contributed by atoms with Crippen LogP contribution < -0.4 is 0 Å². The SMILES string of the molecule is C[C@@H](O[C@H]1OCC[C@@H](CN2CCN(C)C(=O)C2)[C@@H]1c1ccc(F)cc1)c1cc(C(F)(F)F)cc(C(F)(F)F)c1. The number of nitrogens with zero attached hydrogens (tertiary/aromatic N) is 2. The first-order valence-electron chi connectivity index (χ1n) is 12.5. The molecule has 0 aromatic heterocycles. The zero-order chi connectivity index (χ0) is 28.5. The first-order chi connectivity index (χ1) is 18.2.